The lowest BCUT2D eigenvalue weighted by Crippen LogP contribution is -2.32. The Labute approximate surface area is 91.8 Å². The van der Waals surface area contributed by atoms with Crippen molar-refractivity contribution in [1.29, 1.82) is 0 Å². The molecule has 1 aromatic carbocycles. The van der Waals surface area contributed by atoms with Gasteiger partial charge in [0.25, 0.3) is 0 Å². The number of nitrogens with two attached hydrogens (primary N) is 3. The first kappa shape index (κ1) is 11.1. The summed E-state index contributed by atoms with van der Waals surface area (Å²) in [6, 6.07) is 6.83. The fourth-order valence-corrected chi connectivity index (χ4v) is 0.928. The minimum Gasteiger partial charge on any atom is -0.369 e. The van der Waals surface area contributed by atoms with Crippen molar-refractivity contribution in [2.24, 2.45) is 27.3 Å². The van der Waals surface area contributed by atoms with Gasteiger partial charge in [-0.05, 0) is 24.3 Å². The highest BCUT2D eigenvalue weighted by Gasteiger charge is 1.92. The molecule has 0 fully saturated rings. The Morgan fingerprint density at radius 3 is 2.27 bits per heavy atom. The van der Waals surface area contributed by atoms with Gasteiger partial charge in [0.15, 0.2) is 0 Å². The molecular weight excluding hydrogens is 216 g/mol. The van der Waals surface area contributed by atoms with Crippen LogP contribution in [0.15, 0.2) is 34.4 Å². The van der Waals surface area contributed by atoms with Crippen LogP contribution in [0.2, 0.25) is 5.02 Å². The number of hydrazone groups is 1. The summed E-state index contributed by atoms with van der Waals surface area (Å²) in [6.45, 7) is 0. The first-order chi connectivity index (χ1) is 7.08. The summed E-state index contributed by atoms with van der Waals surface area (Å²) in [7, 11) is 0. The maximum Gasteiger partial charge on any atom is 0.214 e. The van der Waals surface area contributed by atoms with Gasteiger partial charge in [0, 0.05) is 5.02 Å². The van der Waals surface area contributed by atoms with E-state index in [2.05, 4.69) is 15.5 Å². The van der Waals surface area contributed by atoms with E-state index in [9.17, 15) is 0 Å². The van der Waals surface area contributed by atoms with Crippen LogP contribution in [-0.2, 0) is 0 Å². The third-order valence-electron chi connectivity index (χ3n) is 1.38. The highest BCUT2D eigenvalue weighted by Crippen LogP contribution is 2.15. The van der Waals surface area contributed by atoms with Crippen molar-refractivity contribution in [1.82, 2.24) is 5.43 Å². The van der Waals surface area contributed by atoms with Gasteiger partial charge in [0.1, 0.15) is 0 Å². The standard InChI is InChI=1S/C8H11ClN6/c9-5-1-3-6(4-2-5)13-8(12)15-14-7(10)11/h1-4H,(H4,10,11,14)(H3,12,13,15). The van der Waals surface area contributed by atoms with Gasteiger partial charge in [0.2, 0.25) is 11.9 Å². The summed E-state index contributed by atoms with van der Waals surface area (Å²) in [5.74, 6) is -0.0324. The number of rotatable bonds is 2. The first-order valence-corrected chi connectivity index (χ1v) is 4.40. The Kier molecular flexibility index (Phi) is 3.75. The van der Waals surface area contributed by atoms with Gasteiger partial charge in [0.05, 0.1) is 5.69 Å². The molecule has 1 rings (SSSR count). The van der Waals surface area contributed by atoms with Crippen LogP contribution in [0.25, 0.3) is 0 Å². The Morgan fingerprint density at radius 1 is 1.13 bits per heavy atom. The highest BCUT2D eigenvalue weighted by atomic mass is 35.5. The van der Waals surface area contributed by atoms with E-state index in [1.807, 2.05) is 0 Å². The largest absolute Gasteiger partial charge is 0.369 e. The molecule has 0 amide bonds. The Balaban J connectivity index is 2.70. The fourth-order valence-electron chi connectivity index (χ4n) is 0.802. The summed E-state index contributed by atoms with van der Waals surface area (Å²) in [5, 5.41) is 4.11. The van der Waals surface area contributed by atoms with Crippen LogP contribution < -0.4 is 22.6 Å². The Morgan fingerprint density at radius 2 is 1.73 bits per heavy atom. The predicted octanol–water partition coefficient (Wildman–Crippen LogP) is 0.0642. The van der Waals surface area contributed by atoms with Crippen LogP contribution >= 0.6 is 11.6 Å². The number of benzene rings is 1. The van der Waals surface area contributed by atoms with Crippen molar-refractivity contribution in [3.63, 3.8) is 0 Å². The molecule has 0 atom stereocenters. The molecule has 0 saturated carbocycles. The lowest BCUT2D eigenvalue weighted by Gasteiger charge is -1.99. The Hall–Kier alpha value is -1.95. The molecule has 1 aromatic rings. The third kappa shape index (κ3) is 4.19. The summed E-state index contributed by atoms with van der Waals surface area (Å²) >= 11 is 5.70. The molecule has 0 radical (unpaired) electrons. The molecule has 15 heavy (non-hydrogen) atoms. The van der Waals surface area contributed by atoms with Gasteiger partial charge in [-0.1, -0.05) is 11.6 Å². The zero-order valence-corrected chi connectivity index (χ0v) is 8.57. The normalized spacial score (nSPS) is 10.9. The second-order valence-corrected chi connectivity index (χ2v) is 3.06. The number of aliphatic imine (C=N–C) groups is 1. The van der Waals surface area contributed by atoms with Crippen molar-refractivity contribution in [2.75, 3.05) is 0 Å². The molecule has 6 nitrogen and oxygen atoms in total. The molecule has 0 unspecified atom stereocenters. The van der Waals surface area contributed by atoms with Gasteiger partial charge in [-0.25, -0.2) is 10.4 Å². The predicted molar refractivity (Wildman–Crippen MR) is 61.7 cm³/mol. The fraction of sp³-hybridized carbons (Fsp3) is 0. The van der Waals surface area contributed by atoms with E-state index in [0.29, 0.717) is 10.7 Å². The molecular formula is C8H11ClN6. The number of hydrogen-bond donors (Lipinski definition) is 4. The molecule has 0 spiro atoms. The van der Waals surface area contributed by atoms with E-state index in [-0.39, 0.29) is 11.9 Å². The van der Waals surface area contributed by atoms with Crippen molar-refractivity contribution < 1.29 is 0 Å². The van der Waals surface area contributed by atoms with E-state index in [4.69, 9.17) is 28.8 Å². The average Bonchev–Trinajstić information content (AvgIpc) is 2.19. The minimum atomic E-state index is -0.121. The molecule has 80 valence electrons. The van der Waals surface area contributed by atoms with Gasteiger partial charge < -0.3 is 17.2 Å². The number of nitrogens with zero attached hydrogens (tertiary/aromatic N) is 2. The maximum atomic E-state index is 5.70. The zero-order valence-electron chi connectivity index (χ0n) is 7.81. The van der Waals surface area contributed by atoms with Crippen molar-refractivity contribution in [3.05, 3.63) is 29.3 Å². The zero-order chi connectivity index (χ0) is 11.3. The summed E-state index contributed by atoms with van der Waals surface area (Å²) in [4.78, 5) is 3.98. The van der Waals surface area contributed by atoms with E-state index in [1.54, 1.807) is 24.3 Å². The van der Waals surface area contributed by atoms with Crippen LogP contribution in [0.5, 0.6) is 0 Å². The number of hydrogen-bond acceptors (Lipinski definition) is 2. The molecule has 0 heterocycles. The molecule has 0 bridgehead atoms. The van der Waals surface area contributed by atoms with Crippen LogP contribution in [0.1, 0.15) is 0 Å². The van der Waals surface area contributed by atoms with Crippen molar-refractivity contribution in [3.8, 4) is 0 Å². The number of nitrogens with one attached hydrogen (secondary N) is 1. The highest BCUT2D eigenvalue weighted by molar-refractivity contribution is 6.30. The van der Waals surface area contributed by atoms with Crippen molar-refractivity contribution >= 4 is 29.2 Å². The first-order valence-electron chi connectivity index (χ1n) is 4.02. The average molecular weight is 227 g/mol. The lowest BCUT2D eigenvalue weighted by molar-refractivity contribution is 0.994. The molecule has 0 saturated heterocycles. The van der Waals surface area contributed by atoms with Crippen molar-refractivity contribution in [2.45, 2.75) is 0 Å². The van der Waals surface area contributed by atoms with E-state index < -0.39 is 0 Å². The minimum absolute atomic E-state index is 0.0886. The van der Waals surface area contributed by atoms with Crippen LogP contribution in [0, 0.1) is 0 Å². The summed E-state index contributed by atoms with van der Waals surface area (Å²) < 4.78 is 0. The SMILES string of the molecule is NC(N)=NNC(N)=Nc1ccc(Cl)cc1. The molecule has 0 aliphatic carbocycles. The monoisotopic (exact) mass is 226 g/mol. The van der Waals surface area contributed by atoms with Crippen LogP contribution in [-0.4, -0.2) is 11.9 Å². The number of guanidine groups is 2. The summed E-state index contributed by atoms with van der Waals surface area (Å²) in [5.41, 5.74) is 18.7. The van der Waals surface area contributed by atoms with E-state index in [0.717, 1.165) is 0 Å². The molecule has 7 N–H and O–H groups in total. The third-order valence-corrected chi connectivity index (χ3v) is 1.63. The van der Waals surface area contributed by atoms with Crippen LogP contribution in [0.4, 0.5) is 5.69 Å². The topological polar surface area (TPSA) is 115 Å². The van der Waals surface area contributed by atoms with Gasteiger partial charge in [-0.3, -0.25) is 0 Å². The van der Waals surface area contributed by atoms with E-state index >= 15 is 0 Å². The smallest absolute Gasteiger partial charge is 0.214 e. The van der Waals surface area contributed by atoms with E-state index in [1.165, 1.54) is 0 Å². The number of halogens is 1. The molecule has 0 aliphatic heterocycles. The second kappa shape index (κ2) is 5.06. The molecule has 0 aromatic heterocycles. The maximum absolute atomic E-state index is 5.70. The van der Waals surface area contributed by atoms with Gasteiger partial charge >= 0.3 is 0 Å². The second-order valence-electron chi connectivity index (χ2n) is 2.62. The van der Waals surface area contributed by atoms with Gasteiger partial charge in [-0.2, -0.15) is 0 Å². The quantitative estimate of drug-likeness (QED) is 0.324. The molecule has 7 heteroatoms. The molecule has 0 aliphatic rings. The lowest BCUT2D eigenvalue weighted by atomic mass is 10.3. The van der Waals surface area contributed by atoms with Crippen LogP contribution in [0.3, 0.4) is 0 Å². The Bertz CT molecular complexity index is 379. The van der Waals surface area contributed by atoms with Gasteiger partial charge in [-0.15, -0.1) is 5.10 Å². The summed E-state index contributed by atoms with van der Waals surface area (Å²) in [6.07, 6.45) is 0.